The van der Waals surface area contributed by atoms with Gasteiger partial charge < -0.3 is 0 Å². The third kappa shape index (κ3) is 4.30. The summed E-state index contributed by atoms with van der Waals surface area (Å²) in [7, 11) is -2.26. The van der Waals surface area contributed by atoms with Crippen LogP contribution >= 0.6 is 11.8 Å². The van der Waals surface area contributed by atoms with Crippen molar-refractivity contribution < 1.29 is 0 Å². The Morgan fingerprint density at radius 2 is 1.47 bits per heavy atom. The van der Waals surface area contributed by atoms with Gasteiger partial charge in [0, 0.05) is 9.77 Å². The lowest BCUT2D eigenvalue weighted by Crippen LogP contribution is -2.40. The zero-order chi connectivity index (χ0) is 13.3. The van der Waals surface area contributed by atoms with Crippen molar-refractivity contribution >= 4 is 33.1 Å². The summed E-state index contributed by atoms with van der Waals surface area (Å²) in [6, 6.07) is 9.03. The lowest BCUT2D eigenvalue weighted by Gasteiger charge is -2.27. The molecule has 1 rings (SSSR count). The highest BCUT2D eigenvalue weighted by Gasteiger charge is 2.26. The van der Waals surface area contributed by atoms with Gasteiger partial charge in [0.1, 0.15) is 0 Å². The van der Waals surface area contributed by atoms with E-state index in [1.807, 2.05) is 0 Å². The van der Waals surface area contributed by atoms with E-state index in [9.17, 15) is 0 Å². The third-order valence-corrected chi connectivity index (χ3v) is 11.3. The van der Waals surface area contributed by atoms with Crippen LogP contribution in [0.3, 0.4) is 0 Å². The Morgan fingerprint density at radius 1 is 0.941 bits per heavy atom. The van der Waals surface area contributed by atoms with E-state index in [0.717, 1.165) is 4.87 Å². The molecular weight excluding hydrogens is 256 g/mol. The second-order valence-corrected chi connectivity index (χ2v) is 19.3. The van der Waals surface area contributed by atoms with Gasteiger partial charge in [-0.3, -0.25) is 0 Å². The normalized spacial score (nSPS) is 14.8. The van der Waals surface area contributed by atoms with E-state index in [4.69, 9.17) is 0 Å². The van der Waals surface area contributed by atoms with Gasteiger partial charge in [-0.25, -0.2) is 0 Å². The van der Waals surface area contributed by atoms with E-state index < -0.39 is 16.1 Å². The van der Waals surface area contributed by atoms with Crippen molar-refractivity contribution in [2.45, 2.75) is 56.0 Å². The molecule has 0 aromatic heterocycles. The molecule has 0 spiro atoms. The summed E-state index contributed by atoms with van der Waals surface area (Å²) in [4.78, 5) is 2.31. The van der Waals surface area contributed by atoms with Gasteiger partial charge in [0.25, 0.3) is 0 Å². The molecular formula is C14H26SSi2. The van der Waals surface area contributed by atoms with Gasteiger partial charge in [-0.1, -0.05) is 64.4 Å². The van der Waals surface area contributed by atoms with E-state index in [0.29, 0.717) is 0 Å². The molecule has 0 N–H and O–H groups in total. The van der Waals surface area contributed by atoms with Crippen LogP contribution in [0.15, 0.2) is 29.2 Å². The number of hydrogen-bond donors (Lipinski definition) is 0. The minimum absolute atomic E-state index is 0.778. The quantitative estimate of drug-likeness (QED) is 0.575. The zero-order valence-electron chi connectivity index (χ0n) is 12.3. The van der Waals surface area contributed by atoms with Crippen LogP contribution in [-0.4, -0.2) is 21.0 Å². The van der Waals surface area contributed by atoms with Crippen LogP contribution in [0, 0.1) is 0 Å². The molecule has 17 heavy (non-hydrogen) atoms. The fourth-order valence-corrected chi connectivity index (χ4v) is 6.60. The van der Waals surface area contributed by atoms with Crippen molar-refractivity contribution in [1.82, 2.24) is 0 Å². The molecule has 0 saturated carbocycles. The van der Waals surface area contributed by atoms with Crippen LogP contribution in [0.2, 0.25) is 39.3 Å². The van der Waals surface area contributed by atoms with Crippen LogP contribution in [0.5, 0.6) is 0 Å². The maximum atomic E-state index is 2.46. The number of hydrogen-bond acceptors (Lipinski definition) is 1. The number of benzene rings is 1. The average molecular weight is 283 g/mol. The second kappa shape index (κ2) is 5.33. The van der Waals surface area contributed by atoms with Gasteiger partial charge in [0.05, 0.1) is 16.1 Å². The lowest BCUT2D eigenvalue weighted by atomic mass is 10.4. The Balaban J connectivity index is 3.00. The molecule has 0 nitrogen and oxygen atoms in total. The maximum absolute atomic E-state index is 2.46. The highest BCUT2D eigenvalue weighted by Crippen LogP contribution is 2.29. The minimum atomic E-state index is -1.21. The summed E-state index contributed by atoms with van der Waals surface area (Å²) < 4.78 is 0. The van der Waals surface area contributed by atoms with E-state index in [-0.39, 0.29) is 0 Å². The first-order valence-corrected chi connectivity index (χ1v) is 14.3. The second-order valence-electron chi connectivity index (χ2n) is 6.87. The van der Waals surface area contributed by atoms with Gasteiger partial charge in [-0.2, -0.15) is 0 Å². The van der Waals surface area contributed by atoms with Crippen molar-refractivity contribution in [1.29, 1.82) is 0 Å². The molecule has 0 aliphatic heterocycles. The molecule has 3 heteroatoms. The molecule has 96 valence electrons. The van der Waals surface area contributed by atoms with Gasteiger partial charge in [0.2, 0.25) is 0 Å². The molecule has 0 radical (unpaired) electrons. The molecule has 0 amide bonds. The maximum Gasteiger partial charge on any atom is 0.0790 e. The van der Waals surface area contributed by atoms with E-state index in [1.54, 1.807) is 5.19 Å². The Kier molecular flexibility index (Phi) is 4.72. The molecule has 1 unspecified atom stereocenters. The topological polar surface area (TPSA) is 0 Å². The third-order valence-electron chi connectivity index (χ3n) is 3.22. The lowest BCUT2D eigenvalue weighted by molar-refractivity contribution is 1.28. The summed E-state index contributed by atoms with van der Waals surface area (Å²) in [5.74, 6) is 0. The predicted molar refractivity (Wildman–Crippen MR) is 88.1 cm³/mol. The van der Waals surface area contributed by atoms with Crippen molar-refractivity contribution in [2.75, 3.05) is 0 Å². The van der Waals surface area contributed by atoms with Gasteiger partial charge >= 0.3 is 0 Å². The van der Waals surface area contributed by atoms with Gasteiger partial charge in [0.15, 0.2) is 0 Å². The van der Waals surface area contributed by atoms with Crippen LogP contribution in [-0.2, 0) is 0 Å². The van der Waals surface area contributed by atoms with Crippen molar-refractivity contribution in [2.24, 2.45) is 0 Å². The molecule has 1 aromatic rings. The van der Waals surface area contributed by atoms with Crippen LogP contribution in [0.1, 0.15) is 6.92 Å². The van der Waals surface area contributed by atoms with Crippen molar-refractivity contribution in [3.8, 4) is 0 Å². The summed E-state index contributed by atoms with van der Waals surface area (Å²) in [5.41, 5.74) is 0. The monoisotopic (exact) mass is 282 g/mol. The molecule has 1 aromatic carbocycles. The van der Waals surface area contributed by atoms with E-state index in [1.165, 1.54) is 4.90 Å². The Hall–Kier alpha value is 0.00377. The van der Waals surface area contributed by atoms with Crippen LogP contribution < -0.4 is 5.19 Å². The molecule has 0 aliphatic carbocycles. The minimum Gasteiger partial charge on any atom is -0.126 e. The first-order valence-electron chi connectivity index (χ1n) is 6.38. The first kappa shape index (κ1) is 15.1. The Bertz CT molecular complexity index is 375. The number of thioether (sulfide) groups is 1. The molecule has 1 atom stereocenters. The molecule has 0 bridgehead atoms. The summed E-state index contributed by atoms with van der Waals surface area (Å²) in [6.45, 7) is 17.1. The largest absolute Gasteiger partial charge is 0.126 e. The van der Waals surface area contributed by atoms with Crippen molar-refractivity contribution in [3.05, 3.63) is 24.3 Å². The molecule has 0 fully saturated rings. The van der Waals surface area contributed by atoms with Crippen LogP contribution in [0.4, 0.5) is 0 Å². The standard InChI is InChI=1S/C14H26SSi2/c1-12(16(2,3)4)15-13-10-8-9-11-14(13)17(5,6)7/h8-12H,1-7H3. The smallest absolute Gasteiger partial charge is 0.0790 e. The van der Waals surface area contributed by atoms with Gasteiger partial charge in [-0.15, -0.1) is 11.8 Å². The zero-order valence-corrected chi connectivity index (χ0v) is 15.1. The van der Waals surface area contributed by atoms with E-state index >= 15 is 0 Å². The Labute approximate surface area is 113 Å². The fourth-order valence-electron chi connectivity index (χ4n) is 1.56. The molecule has 0 aliphatic rings. The highest BCUT2D eigenvalue weighted by molar-refractivity contribution is 8.01. The molecule has 0 saturated heterocycles. The van der Waals surface area contributed by atoms with E-state index in [2.05, 4.69) is 82.2 Å². The van der Waals surface area contributed by atoms with Gasteiger partial charge in [-0.05, 0) is 11.3 Å². The average Bonchev–Trinajstić information content (AvgIpc) is 2.15. The Morgan fingerprint density at radius 3 is 1.94 bits per heavy atom. The first-order chi connectivity index (χ1) is 7.62. The van der Waals surface area contributed by atoms with Crippen LogP contribution in [0.25, 0.3) is 0 Å². The summed E-state index contributed by atoms with van der Waals surface area (Å²) >= 11 is 2.10. The predicted octanol–water partition coefficient (Wildman–Crippen LogP) is 4.59. The number of rotatable bonds is 4. The fraction of sp³-hybridized carbons (Fsp3) is 0.571. The highest BCUT2D eigenvalue weighted by atomic mass is 32.2. The van der Waals surface area contributed by atoms with Crippen molar-refractivity contribution in [3.63, 3.8) is 0 Å². The molecule has 0 heterocycles. The summed E-state index contributed by atoms with van der Waals surface area (Å²) in [6.07, 6.45) is 0. The SMILES string of the molecule is CC(Sc1ccccc1[Si](C)(C)C)[Si](C)(C)C. The summed E-state index contributed by atoms with van der Waals surface area (Å²) in [5, 5.41) is 1.62.